The standard InChI is InChI=1S/C20H18N4O3/c1-14(24-19(13-27-20(24)25)16-6-4-3-5-7-16)23-12-18(21-22-23)15-8-10-17(26-2)11-9-15/h3-12,19H,1,13H2,2H3/t19-/m0/s1. The van der Waals surface area contributed by atoms with Gasteiger partial charge in [-0.05, 0) is 29.8 Å². The molecule has 136 valence electrons. The predicted molar refractivity (Wildman–Crippen MR) is 99.7 cm³/mol. The van der Waals surface area contributed by atoms with Gasteiger partial charge < -0.3 is 9.47 Å². The molecule has 1 aromatic heterocycles. The number of amides is 1. The minimum atomic E-state index is -0.449. The molecule has 0 unspecified atom stereocenters. The van der Waals surface area contributed by atoms with E-state index in [1.54, 1.807) is 13.3 Å². The topological polar surface area (TPSA) is 69.5 Å². The van der Waals surface area contributed by atoms with E-state index in [0.717, 1.165) is 16.9 Å². The van der Waals surface area contributed by atoms with E-state index in [2.05, 4.69) is 16.9 Å². The Balaban J connectivity index is 1.60. The Hall–Kier alpha value is -3.61. The van der Waals surface area contributed by atoms with Crippen molar-refractivity contribution < 1.29 is 14.3 Å². The van der Waals surface area contributed by atoms with E-state index in [4.69, 9.17) is 9.47 Å². The van der Waals surface area contributed by atoms with E-state index in [1.165, 1.54) is 9.58 Å². The Morgan fingerprint density at radius 2 is 1.93 bits per heavy atom. The number of carbonyl (C=O) groups is 1. The predicted octanol–water partition coefficient (Wildman–Crippen LogP) is 3.58. The number of ether oxygens (including phenoxy) is 2. The average Bonchev–Trinajstić information content (AvgIpc) is 3.35. The Labute approximate surface area is 156 Å². The molecule has 1 aliphatic heterocycles. The second kappa shape index (κ2) is 6.95. The number of hydrogen-bond donors (Lipinski definition) is 0. The van der Waals surface area contributed by atoms with Crippen LogP contribution in [0, 0.1) is 0 Å². The summed E-state index contributed by atoms with van der Waals surface area (Å²) in [6.45, 7) is 4.30. The molecule has 1 aliphatic rings. The van der Waals surface area contributed by atoms with Crippen LogP contribution in [0.5, 0.6) is 5.75 Å². The van der Waals surface area contributed by atoms with Gasteiger partial charge in [-0.15, -0.1) is 5.10 Å². The second-order valence-electron chi connectivity index (χ2n) is 6.07. The molecule has 0 N–H and O–H groups in total. The van der Waals surface area contributed by atoms with Crippen LogP contribution in [-0.2, 0) is 4.74 Å². The molecule has 4 rings (SSSR count). The van der Waals surface area contributed by atoms with Crippen molar-refractivity contribution in [2.24, 2.45) is 0 Å². The van der Waals surface area contributed by atoms with Crippen LogP contribution in [0.15, 0.2) is 67.4 Å². The highest BCUT2D eigenvalue weighted by atomic mass is 16.6. The van der Waals surface area contributed by atoms with Gasteiger partial charge >= 0.3 is 6.09 Å². The maximum absolute atomic E-state index is 12.3. The molecule has 0 saturated carbocycles. The van der Waals surface area contributed by atoms with Crippen molar-refractivity contribution in [3.63, 3.8) is 0 Å². The van der Waals surface area contributed by atoms with Gasteiger partial charge in [-0.2, -0.15) is 0 Å². The van der Waals surface area contributed by atoms with E-state index in [1.807, 2.05) is 54.6 Å². The van der Waals surface area contributed by atoms with Gasteiger partial charge in [0, 0.05) is 5.56 Å². The van der Waals surface area contributed by atoms with Gasteiger partial charge in [-0.1, -0.05) is 42.1 Å². The minimum absolute atomic E-state index is 0.250. The highest BCUT2D eigenvalue weighted by molar-refractivity contribution is 5.78. The van der Waals surface area contributed by atoms with Crippen molar-refractivity contribution in [3.8, 4) is 17.0 Å². The van der Waals surface area contributed by atoms with Gasteiger partial charge in [-0.3, -0.25) is 4.90 Å². The molecule has 1 amide bonds. The molecule has 2 heterocycles. The highest BCUT2D eigenvalue weighted by Crippen LogP contribution is 2.32. The van der Waals surface area contributed by atoms with Gasteiger partial charge in [0.2, 0.25) is 0 Å². The summed E-state index contributed by atoms with van der Waals surface area (Å²) in [4.78, 5) is 13.8. The highest BCUT2D eigenvalue weighted by Gasteiger charge is 2.37. The monoisotopic (exact) mass is 362 g/mol. The second-order valence-corrected chi connectivity index (χ2v) is 6.07. The van der Waals surface area contributed by atoms with E-state index in [9.17, 15) is 4.79 Å². The van der Waals surface area contributed by atoms with Gasteiger partial charge in [0.05, 0.1) is 13.3 Å². The maximum atomic E-state index is 12.3. The first kappa shape index (κ1) is 16.8. The van der Waals surface area contributed by atoms with Crippen molar-refractivity contribution in [1.29, 1.82) is 0 Å². The number of aromatic nitrogens is 3. The molecule has 0 bridgehead atoms. The maximum Gasteiger partial charge on any atom is 0.416 e. The molecule has 2 aromatic carbocycles. The zero-order valence-corrected chi connectivity index (χ0v) is 14.8. The third-order valence-corrected chi connectivity index (χ3v) is 4.48. The van der Waals surface area contributed by atoms with Crippen molar-refractivity contribution in [1.82, 2.24) is 19.9 Å². The fraction of sp³-hybridized carbons (Fsp3) is 0.150. The molecule has 7 nitrogen and oxygen atoms in total. The minimum Gasteiger partial charge on any atom is -0.497 e. The molecule has 0 spiro atoms. The molecule has 7 heteroatoms. The number of carbonyl (C=O) groups excluding carboxylic acids is 1. The Morgan fingerprint density at radius 1 is 1.19 bits per heavy atom. The number of cyclic esters (lactones) is 1. The number of nitrogens with zero attached hydrogens (tertiary/aromatic N) is 4. The van der Waals surface area contributed by atoms with Crippen molar-refractivity contribution in [3.05, 3.63) is 72.9 Å². The van der Waals surface area contributed by atoms with E-state index in [0.29, 0.717) is 11.5 Å². The van der Waals surface area contributed by atoms with Gasteiger partial charge in [-0.25, -0.2) is 9.48 Å². The van der Waals surface area contributed by atoms with E-state index in [-0.39, 0.29) is 12.6 Å². The molecule has 0 radical (unpaired) electrons. The lowest BCUT2D eigenvalue weighted by Gasteiger charge is -2.22. The molecular formula is C20H18N4O3. The third kappa shape index (κ3) is 3.15. The molecular weight excluding hydrogens is 344 g/mol. The summed E-state index contributed by atoms with van der Waals surface area (Å²) < 4.78 is 11.9. The van der Waals surface area contributed by atoms with Crippen molar-refractivity contribution in [2.75, 3.05) is 13.7 Å². The van der Waals surface area contributed by atoms with Gasteiger partial charge in [0.15, 0.2) is 0 Å². The number of benzene rings is 2. The molecule has 1 saturated heterocycles. The molecule has 0 aliphatic carbocycles. The number of hydrogen-bond acceptors (Lipinski definition) is 5. The molecule has 1 fully saturated rings. The summed E-state index contributed by atoms with van der Waals surface area (Å²) in [6.07, 6.45) is 1.29. The third-order valence-electron chi connectivity index (χ3n) is 4.48. The number of rotatable bonds is 5. The van der Waals surface area contributed by atoms with Crippen molar-refractivity contribution in [2.45, 2.75) is 6.04 Å². The van der Waals surface area contributed by atoms with Crippen LogP contribution in [0.2, 0.25) is 0 Å². The summed E-state index contributed by atoms with van der Waals surface area (Å²) in [5, 5.41) is 8.32. The summed E-state index contributed by atoms with van der Waals surface area (Å²) in [5.41, 5.74) is 2.53. The van der Waals surface area contributed by atoms with E-state index < -0.39 is 6.09 Å². The first-order chi connectivity index (χ1) is 13.2. The zero-order valence-electron chi connectivity index (χ0n) is 14.8. The van der Waals surface area contributed by atoms with E-state index >= 15 is 0 Å². The smallest absolute Gasteiger partial charge is 0.416 e. The van der Waals surface area contributed by atoms with Crippen LogP contribution < -0.4 is 4.74 Å². The molecule has 27 heavy (non-hydrogen) atoms. The zero-order chi connectivity index (χ0) is 18.8. The van der Waals surface area contributed by atoms with Crippen LogP contribution in [0.3, 0.4) is 0 Å². The lowest BCUT2D eigenvalue weighted by molar-refractivity contribution is 0.166. The van der Waals surface area contributed by atoms with Gasteiger partial charge in [0.25, 0.3) is 0 Å². The lowest BCUT2D eigenvalue weighted by Crippen LogP contribution is -2.28. The van der Waals surface area contributed by atoms with Crippen LogP contribution in [-0.4, -0.2) is 39.7 Å². The first-order valence-corrected chi connectivity index (χ1v) is 8.44. The van der Waals surface area contributed by atoms with Crippen LogP contribution in [0.25, 0.3) is 17.1 Å². The quantitative estimate of drug-likeness (QED) is 0.694. The fourth-order valence-electron chi connectivity index (χ4n) is 3.02. The van der Waals surface area contributed by atoms with Crippen LogP contribution in [0.4, 0.5) is 4.79 Å². The van der Waals surface area contributed by atoms with Crippen molar-refractivity contribution >= 4 is 11.9 Å². The fourth-order valence-corrected chi connectivity index (χ4v) is 3.02. The molecule has 3 aromatic rings. The lowest BCUT2D eigenvalue weighted by atomic mass is 10.1. The molecule has 1 atom stereocenters. The summed E-state index contributed by atoms with van der Waals surface area (Å²) in [7, 11) is 1.62. The van der Waals surface area contributed by atoms with Gasteiger partial charge in [0.1, 0.15) is 29.9 Å². The number of methoxy groups -OCH3 is 1. The average molecular weight is 362 g/mol. The van der Waals surface area contributed by atoms with Crippen LogP contribution in [0.1, 0.15) is 11.6 Å². The SMILES string of the molecule is C=C(N1C(=O)OC[C@H]1c1ccccc1)n1cc(-c2ccc(OC)cc2)nn1. The largest absolute Gasteiger partial charge is 0.497 e. The summed E-state index contributed by atoms with van der Waals surface area (Å²) in [5.74, 6) is 1.15. The Morgan fingerprint density at radius 3 is 2.63 bits per heavy atom. The summed E-state index contributed by atoms with van der Waals surface area (Å²) in [6, 6.07) is 16.9. The van der Waals surface area contributed by atoms with Crippen LogP contribution >= 0.6 is 0 Å². The first-order valence-electron chi connectivity index (χ1n) is 8.44. The Kier molecular flexibility index (Phi) is 4.33. The summed E-state index contributed by atoms with van der Waals surface area (Å²) >= 11 is 0. The normalized spacial score (nSPS) is 16.3. The Bertz CT molecular complexity index is 966.